The van der Waals surface area contributed by atoms with Crippen molar-refractivity contribution in [3.8, 4) is 0 Å². The maximum absolute atomic E-state index is 11.9. The molecule has 1 aromatic rings. The summed E-state index contributed by atoms with van der Waals surface area (Å²) in [6.45, 7) is 3.50. The first kappa shape index (κ1) is 16.9. The van der Waals surface area contributed by atoms with Crippen LogP contribution in [0.15, 0.2) is 36.4 Å². The Kier molecular flexibility index (Phi) is 4.07. The van der Waals surface area contributed by atoms with Crippen LogP contribution in [-0.4, -0.2) is 30.0 Å². The van der Waals surface area contributed by atoms with Gasteiger partial charge in [0.2, 0.25) is 0 Å². The van der Waals surface area contributed by atoms with Gasteiger partial charge in [0.05, 0.1) is 0 Å². The predicted molar refractivity (Wildman–Crippen MR) is 83.5 cm³/mol. The van der Waals surface area contributed by atoms with Gasteiger partial charge in [-0.15, -0.1) is 0 Å². The van der Waals surface area contributed by atoms with Crippen LogP contribution in [0.1, 0.15) is 23.1 Å². The van der Waals surface area contributed by atoms with Gasteiger partial charge in [0.15, 0.2) is 0 Å². The van der Waals surface area contributed by atoms with Crippen LogP contribution in [0.3, 0.4) is 0 Å². The zero-order chi connectivity index (χ0) is 16.8. The molecule has 1 aliphatic rings. The molecular weight excluding hydrogens is 328 g/mol. The average Bonchev–Trinajstić information content (AvgIpc) is 2.39. The van der Waals surface area contributed by atoms with Crippen LogP contribution < -0.4 is 0 Å². The third kappa shape index (κ3) is 2.41. The molecule has 0 spiro atoms. The molecule has 0 heterocycles. The smallest absolute Gasteiger partial charge is 0.284 e. The summed E-state index contributed by atoms with van der Waals surface area (Å²) in [5.74, 6) is 0. The van der Waals surface area contributed by atoms with Crippen molar-refractivity contribution in [3.63, 3.8) is 0 Å². The van der Waals surface area contributed by atoms with E-state index in [0.717, 1.165) is 5.56 Å². The zero-order valence-electron chi connectivity index (χ0n) is 12.0. The van der Waals surface area contributed by atoms with Crippen molar-refractivity contribution in [2.24, 2.45) is 0 Å². The van der Waals surface area contributed by atoms with Gasteiger partial charge in [-0.1, -0.05) is 36.4 Å². The largest absolute Gasteiger partial charge is 0.292 e. The van der Waals surface area contributed by atoms with Crippen molar-refractivity contribution in [1.29, 1.82) is 0 Å². The normalized spacial score (nSPS) is 18.1. The number of hydrogen-bond acceptors (Lipinski definition) is 4. The summed E-state index contributed by atoms with van der Waals surface area (Å²) < 4.78 is 63.9. The Labute approximate surface area is 129 Å². The molecule has 8 heteroatoms. The van der Waals surface area contributed by atoms with Crippen molar-refractivity contribution in [2.75, 3.05) is 0 Å². The maximum atomic E-state index is 11.9. The Hall–Kier alpha value is -1.48. The summed E-state index contributed by atoms with van der Waals surface area (Å²) >= 11 is 0. The first-order valence-corrected chi connectivity index (χ1v) is 9.28. The van der Waals surface area contributed by atoms with Crippen LogP contribution >= 0.6 is 0 Å². The minimum atomic E-state index is -5.13. The van der Waals surface area contributed by atoms with E-state index < -0.39 is 30.7 Å². The van der Waals surface area contributed by atoms with E-state index in [4.69, 9.17) is 0 Å². The van der Waals surface area contributed by atoms with E-state index in [1.165, 1.54) is 18.2 Å². The Balaban J connectivity index is 2.90. The van der Waals surface area contributed by atoms with E-state index in [9.17, 15) is 25.9 Å². The second-order valence-corrected chi connectivity index (χ2v) is 8.72. The highest BCUT2D eigenvalue weighted by molar-refractivity contribution is 8.06. The molecule has 0 saturated heterocycles. The highest BCUT2D eigenvalue weighted by Gasteiger charge is 2.57. The third-order valence-electron chi connectivity index (χ3n) is 3.92. The van der Waals surface area contributed by atoms with Crippen LogP contribution in [-0.2, 0) is 20.2 Å². The summed E-state index contributed by atoms with van der Waals surface area (Å²) in [4.78, 5) is 0. The molecule has 1 aliphatic carbocycles. The van der Waals surface area contributed by atoms with Gasteiger partial charge >= 0.3 is 0 Å². The second-order valence-electron chi connectivity index (χ2n) is 5.16. The molecular formula is C14H16O6S2. The quantitative estimate of drug-likeness (QED) is 0.813. The van der Waals surface area contributed by atoms with Gasteiger partial charge in [-0.25, -0.2) is 0 Å². The fourth-order valence-corrected chi connectivity index (χ4v) is 5.17. The Morgan fingerprint density at radius 2 is 1.64 bits per heavy atom. The fraction of sp³-hybridized carbons (Fsp3) is 0.286. The Morgan fingerprint density at radius 1 is 1.05 bits per heavy atom. The lowest BCUT2D eigenvalue weighted by atomic mass is 9.91. The standard InChI is InChI=1S/C14H16O6S2/c1-10-6-5-7-12(11(10)2)13-8-3-4-9-14(13,21(15,16)17)22(18,19)20/h3-8H,9H2,1-2H3,(H,15,16,17)(H,18,19,20). The molecule has 2 rings (SSSR count). The minimum absolute atomic E-state index is 0.166. The van der Waals surface area contributed by atoms with Crippen molar-refractivity contribution >= 4 is 25.8 Å². The number of rotatable bonds is 3. The summed E-state index contributed by atoms with van der Waals surface area (Å²) in [5.41, 5.74) is 1.68. The van der Waals surface area contributed by atoms with E-state index >= 15 is 0 Å². The average molecular weight is 344 g/mol. The number of benzene rings is 1. The summed E-state index contributed by atoms with van der Waals surface area (Å²) in [7, 11) is -10.3. The molecule has 1 aromatic carbocycles. The van der Waals surface area contributed by atoms with Crippen LogP contribution in [0.2, 0.25) is 0 Å². The van der Waals surface area contributed by atoms with Gasteiger partial charge in [-0.2, -0.15) is 16.8 Å². The van der Waals surface area contributed by atoms with E-state index in [1.807, 2.05) is 0 Å². The molecule has 22 heavy (non-hydrogen) atoms. The molecule has 0 fully saturated rings. The lowest BCUT2D eigenvalue weighted by Gasteiger charge is -2.32. The summed E-state index contributed by atoms with van der Waals surface area (Å²) in [6, 6.07) is 4.99. The number of hydrogen-bond donors (Lipinski definition) is 2. The molecule has 0 bridgehead atoms. The molecule has 0 unspecified atom stereocenters. The van der Waals surface area contributed by atoms with Crippen LogP contribution in [0, 0.1) is 13.8 Å². The molecule has 120 valence electrons. The number of aryl methyl sites for hydroxylation is 1. The molecule has 6 nitrogen and oxygen atoms in total. The molecule has 0 radical (unpaired) electrons. The first-order valence-electron chi connectivity index (χ1n) is 6.40. The number of allylic oxidation sites excluding steroid dienone is 3. The van der Waals surface area contributed by atoms with Crippen molar-refractivity contribution in [2.45, 2.75) is 24.3 Å². The van der Waals surface area contributed by atoms with Crippen molar-refractivity contribution < 1.29 is 25.9 Å². The van der Waals surface area contributed by atoms with Gasteiger partial charge in [-0.05, 0) is 30.5 Å². The first-order chi connectivity index (χ1) is 10.0. The predicted octanol–water partition coefficient (Wildman–Crippen LogP) is 2.12. The summed E-state index contributed by atoms with van der Waals surface area (Å²) in [5, 5.41) is 0. The summed E-state index contributed by atoms with van der Waals surface area (Å²) in [6.07, 6.45) is 3.48. The molecule has 0 amide bonds. The maximum Gasteiger partial charge on any atom is 0.292 e. The molecule has 0 saturated carbocycles. The lowest BCUT2D eigenvalue weighted by Crippen LogP contribution is -2.47. The SMILES string of the molecule is Cc1cccc(C2=CC=CCC2(S(=O)(=O)O)S(=O)(=O)O)c1C. The lowest BCUT2D eigenvalue weighted by molar-refractivity contribution is 0.440. The van der Waals surface area contributed by atoms with E-state index in [-0.39, 0.29) is 5.57 Å². The van der Waals surface area contributed by atoms with Crippen molar-refractivity contribution in [1.82, 2.24) is 0 Å². The highest BCUT2D eigenvalue weighted by atomic mass is 32.3. The third-order valence-corrected chi connectivity index (χ3v) is 7.63. The van der Waals surface area contributed by atoms with Gasteiger partial charge in [0.1, 0.15) is 0 Å². The van der Waals surface area contributed by atoms with Crippen LogP contribution in [0.5, 0.6) is 0 Å². The van der Waals surface area contributed by atoms with Gasteiger partial charge in [0.25, 0.3) is 24.3 Å². The van der Waals surface area contributed by atoms with Gasteiger partial charge < -0.3 is 0 Å². The second kappa shape index (κ2) is 5.31. The minimum Gasteiger partial charge on any atom is -0.284 e. The Bertz CT molecular complexity index is 844. The molecule has 2 N–H and O–H groups in total. The monoisotopic (exact) mass is 344 g/mol. The van der Waals surface area contributed by atoms with Gasteiger partial charge in [0, 0.05) is 12.0 Å². The topological polar surface area (TPSA) is 109 Å². The highest BCUT2D eigenvalue weighted by Crippen LogP contribution is 2.44. The fourth-order valence-electron chi connectivity index (χ4n) is 2.58. The van der Waals surface area contributed by atoms with Gasteiger partial charge in [-0.3, -0.25) is 9.11 Å². The van der Waals surface area contributed by atoms with Crippen LogP contribution in [0.4, 0.5) is 0 Å². The molecule has 0 aliphatic heterocycles. The molecule has 0 aromatic heterocycles. The van der Waals surface area contributed by atoms with E-state index in [0.29, 0.717) is 11.1 Å². The van der Waals surface area contributed by atoms with Crippen LogP contribution in [0.25, 0.3) is 5.57 Å². The van der Waals surface area contributed by atoms with E-state index in [1.54, 1.807) is 32.0 Å². The molecule has 0 atom stereocenters. The van der Waals surface area contributed by atoms with Crippen molar-refractivity contribution in [3.05, 3.63) is 53.1 Å². The van der Waals surface area contributed by atoms with E-state index in [2.05, 4.69) is 0 Å². The Morgan fingerprint density at radius 3 is 2.18 bits per heavy atom. The zero-order valence-corrected chi connectivity index (χ0v) is 13.6.